The smallest absolute Gasteiger partial charge is 0.178 e. The molecule has 0 aliphatic rings. The highest BCUT2D eigenvalue weighted by molar-refractivity contribution is 6.01. The lowest BCUT2D eigenvalue weighted by molar-refractivity contribution is 0.100. The number of hydrogen-bond acceptors (Lipinski definition) is 6. The number of Topliss-reactive ketones (excluding diaryl/α,β-unsaturated/α-hetero) is 2. The second-order valence-corrected chi connectivity index (χ2v) is 9.33. The first-order chi connectivity index (χ1) is 18.1. The summed E-state index contributed by atoms with van der Waals surface area (Å²) in [5.41, 5.74) is 9.70. The van der Waals surface area contributed by atoms with Crippen LogP contribution in [0.25, 0.3) is 11.1 Å². The molecule has 0 atom stereocenters. The van der Waals surface area contributed by atoms with Crippen LogP contribution < -0.4 is 0 Å². The zero-order valence-corrected chi connectivity index (χ0v) is 22.5. The second kappa shape index (κ2) is 11.2. The highest BCUT2D eigenvalue weighted by atomic mass is 16.1. The van der Waals surface area contributed by atoms with Crippen LogP contribution in [0.15, 0.2) is 82.8 Å². The van der Waals surface area contributed by atoms with Gasteiger partial charge in [0.25, 0.3) is 0 Å². The van der Waals surface area contributed by atoms with Crippen LogP contribution in [0.1, 0.15) is 71.2 Å². The van der Waals surface area contributed by atoms with Gasteiger partial charge in [0.05, 0.1) is 34.2 Å². The van der Waals surface area contributed by atoms with Crippen LogP contribution in [-0.4, -0.2) is 33.0 Å². The number of rotatable bonds is 7. The molecule has 2 aromatic heterocycles. The van der Waals surface area contributed by atoms with E-state index in [2.05, 4.69) is 34.2 Å². The number of aryl methyl sites for hydroxylation is 2. The van der Waals surface area contributed by atoms with E-state index in [1.807, 2.05) is 64.1 Å². The molecule has 0 aliphatic heterocycles. The van der Waals surface area contributed by atoms with E-state index >= 15 is 0 Å². The average Bonchev–Trinajstić information content (AvgIpc) is 2.91. The van der Waals surface area contributed by atoms with Gasteiger partial charge < -0.3 is 0 Å². The van der Waals surface area contributed by atoms with Gasteiger partial charge in [0.2, 0.25) is 0 Å². The maximum absolute atomic E-state index is 11.7. The number of aromatic nitrogens is 2. The standard InChI is InChI=1S/C32H30N4O2/c1-19-17-25(13-15-27(19)33-21(3)29-9-7-11-31(35-29)23(5)37)26-14-16-28(20(2)18-26)34-22(4)30-10-8-12-32(36-30)24(6)38/h7-18H,1-6H3/b33-21+,34-22+. The minimum Gasteiger partial charge on any atom is -0.293 e. The Balaban J connectivity index is 1.58. The summed E-state index contributed by atoms with van der Waals surface area (Å²) in [6.45, 7) is 10.9. The molecule has 0 spiro atoms. The Labute approximate surface area is 223 Å². The molecule has 0 aliphatic carbocycles. The van der Waals surface area contributed by atoms with Gasteiger partial charge in [0, 0.05) is 13.8 Å². The van der Waals surface area contributed by atoms with E-state index < -0.39 is 0 Å². The summed E-state index contributed by atoms with van der Waals surface area (Å²) < 4.78 is 0. The molecule has 0 fully saturated rings. The lowest BCUT2D eigenvalue weighted by atomic mass is 10.00. The number of hydrogen-bond donors (Lipinski definition) is 0. The minimum absolute atomic E-state index is 0.0683. The normalized spacial score (nSPS) is 11.9. The predicted octanol–water partition coefficient (Wildman–Crippen LogP) is 7.45. The van der Waals surface area contributed by atoms with Crippen LogP contribution >= 0.6 is 0 Å². The topological polar surface area (TPSA) is 84.6 Å². The first kappa shape index (κ1) is 26.5. The minimum atomic E-state index is -0.0683. The maximum atomic E-state index is 11.7. The summed E-state index contributed by atoms with van der Waals surface area (Å²) in [5, 5.41) is 0. The SMILES string of the molecule is CC(=O)c1cccc(/C(C)=N/c2ccc(-c3ccc(/N=C(\C)c4cccc(C(C)=O)n4)c(C)c3)cc2C)n1. The Hall–Kier alpha value is -4.58. The summed E-state index contributed by atoms with van der Waals surface area (Å²) in [6, 6.07) is 23.1. The number of carbonyl (C=O) groups excluding carboxylic acids is 2. The number of nitrogens with zero attached hydrogens (tertiary/aromatic N) is 4. The molecule has 0 amide bonds. The molecule has 6 heteroatoms. The van der Waals surface area contributed by atoms with Crippen molar-refractivity contribution in [1.29, 1.82) is 0 Å². The van der Waals surface area contributed by atoms with Gasteiger partial charge >= 0.3 is 0 Å². The highest BCUT2D eigenvalue weighted by Gasteiger charge is 2.09. The molecule has 0 bridgehead atoms. The van der Waals surface area contributed by atoms with Crippen molar-refractivity contribution in [2.75, 3.05) is 0 Å². The van der Waals surface area contributed by atoms with E-state index in [9.17, 15) is 9.59 Å². The van der Waals surface area contributed by atoms with Gasteiger partial charge in [0.15, 0.2) is 11.6 Å². The highest BCUT2D eigenvalue weighted by Crippen LogP contribution is 2.30. The summed E-state index contributed by atoms with van der Waals surface area (Å²) in [4.78, 5) is 41.7. The molecular formula is C32H30N4O2. The van der Waals surface area contributed by atoms with E-state index in [0.29, 0.717) is 22.8 Å². The van der Waals surface area contributed by atoms with Crippen molar-refractivity contribution < 1.29 is 9.59 Å². The monoisotopic (exact) mass is 502 g/mol. The van der Waals surface area contributed by atoms with Crippen LogP contribution in [0, 0.1) is 13.8 Å². The number of benzene rings is 2. The summed E-state index contributed by atoms with van der Waals surface area (Å²) >= 11 is 0. The Morgan fingerprint density at radius 2 is 0.921 bits per heavy atom. The third kappa shape index (κ3) is 6.03. The Bertz CT molecular complexity index is 1490. The molecule has 4 rings (SSSR count). The van der Waals surface area contributed by atoms with Crippen molar-refractivity contribution >= 4 is 34.4 Å². The molecule has 2 aromatic carbocycles. The van der Waals surface area contributed by atoms with Gasteiger partial charge in [-0.1, -0.05) is 24.3 Å². The predicted molar refractivity (Wildman–Crippen MR) is 154 cm³/mol. The Morgan fingerprint density at radius 3 is 1.26 bits per heavy atom. The van der Waals surface area contributed by atoms with Crippen LogP contribution in [0.5, 0.6) is 0 Å². The summed E-state index contributed by atoms with van der Waals surface area (Å²) in [7, 11) is 0. The number of carbonyl (C=O) groups is 2. The molecular weight excluding hydrogens is 472 g/mol. The zero-order chi connectivity index (χ0) is 27.4. The molecule has 4 aromatic rings. The summed E-state index contributed by atoms with van der Waals surface area (Å²) in [5.74, 6) is -0.137. The van der Waals surface area contributed by atoms with Crippen molar-refractivity contribution in [3.05, 3.63) is 107 Å². The van der Waals surface area contributed by atoms with Crippen molar-refractivity contribution in [2.45, 2.75) is 41.5 Å². The third-order valence-corrected chi connectivity index (χ3v) is 6.26. The fraction of sp³-hybridized carbons (Fsp3) is 0.188. The van der Waals surface area contributed by atoms with Crippen molar-refractivity contribution in [3.63, 3.8) is 0 Å². The maximum Gasteiger partial charge on any atom is 0.178 e. The first-order valence-corrected chi connectivity index (χ1v) is 12.4. The third-order valence-electron chi connectivity index (χ3n) is 6.26. The van der Waals surface area contributed by atoms with Gasteiger partial charge in [0.1, 0.15) is 11.4 Å². The molecule has 0 saturated heterocycles. The molecule has 0 saturated carbocycles. The van der Waals surface area contributed by atoms with Gasteiger partial charge in [-0.25, -0.2) is 9.97 Å². The summed E-state index contributed by atoms with van der Waals surface area (Å²) in [6.07, 6.45) is 0. The largest absolute Gasteiger partial charge is 0.293 e. The zero-order valence-electron chi connectivity index (χ0n) is 22.5. The van der Waals surface area contributed by atoms with E-state index in [1.54, 1.807) is 12.1 Å². The molecule has 190 valence electrons. The number of aliphatic imine (C=N–C) groups is 2. The van der Waals surface area contributed by atoms with Crippen LogP contribution in [0.3, 0.4) is 0 Å². The molecule has 0 N–H and O–H groups in total. The van der Waals surface area contributed by atoms with Crippen LogP contribution in [-0.2, 0) is 0 Å². The van der Waals surface area contributed by atoms with E-state index in [1.165, 1.54) is 13.8 Å². The van der Waals surface area contributed by atoms with Crippen LogP contribution in [0.4, 0.5) is 11.4 Å². The molecule has 0 unspecified atom stereocenters. The molecule has 0 radical (unpaired) electrons. The van der Waals surface area contributed by atoms with Gasteiger partial charge in [-0.15, -0.1) is 0 Å². The van der Waals surface area contributed by atoms with Crippen molar-refractivity contribution in [2.24, 2.45) is 9.98 Å². The first-order valence-electron chi connectivity index (χ1n) is 12.4. The molecule has 38 heavy (non-hydrogen) atoms. The Kier molecular flexibility index (Phi) is 7.82. The van der Waals surface area contributed by atoms with Crippen molar-refractivity contribution in [1.82, 2.24) is 9.97 Å². The van der Waals surface area contributed by atoms with E-state index in [0.717, 1.165) is 45.1 Å². The van der Waals surface area contributed by atoms with Gasteiger partial charge in [-0.2, -0.15) is 0 Å². The molecule has 2 heterocycles. The fourth-order valence-corrected chi connectivity index (χ4v) is 4.06. The number of ketones is 2. The lowest BCUT2D eigenvalue weighted by Gasteiger charge is -2.10. The van der Waals surface area contributed by atoms with Crippen molar-refractivity contribution in [3.8, 4) is 11.1 Å². The van der Waals surface area contributed by atoms with E-state index in [-0.39, 0.29) is 11.6 Å². The number of pyridine rings is 2. The van der Waals surface area contributed by atoms with Gasteiger partial charge in [-0.05, 0) is 98.5 Å². The fourth-order valence-electron chi connectivity index (χ4n) is 4.06. The lowest BCUT2D eigenvalue weighted by Crippen LogP contribution is -2.04. The second-order valence-electron chi connectivity index (χ2n) is 9.33. The van der Waals surface area contributed by atoms with Gasteiger partial charge in [-0.3, -0.25) is 19.6 Å². The average molecular weight is 503 g/mol. The van der Waals surface area contributed by atoms with Crippen LogP contribution in [0.2, 0.25) is 0 Å². The molecule has 6 nitrogen and oxygen atoms in total. The quantitative estimate of drug-likeness (QED) is 0.194. The van der Waals surface area contributed by atoms with E-state index in [4.69, 9.17) is 9.98 Å². The Morgan fingerprint density at radius 1 is 0.553 bits per heavy atom.